The Balaban J connectivity index is 1.68. The Hall–Kier alpha value is -1.32. The topological polar surface area (TPSA) is 65.2 Å². The van der Waals surface area contributed by atoms with Crippen molar-refractivity contribution >= 4 is 11.4 Å². The van der Waals surface area contributed by atoms with Gasteiger partial charge in [-0.25, -0.2) is 0 Å². The lowest BCUT2D eigenvalue weighted by atomic mass is 9.47. The maximum absolute atomic E-state index is 9.40. The molecule has 23 heavy (non-hydrogen) atoms. The molecule has 4 nitrogen and oxygen atoms in total. The summed E-state index contributed by atoms with van der Waals surface area (Å²) >= 11 is 0. The van der Waals surface area contributed by atoms with Crippen molar-refractivity contribution in [3.63, 3.8) is 0 Å². The molecule has 126 valence electrons. The lowest BCUT2D eigenvalue weighted by Crippen LogP contribution is -2.50. The Morgan fingerprint density at radius 1 is 0.913 bits per heavy atom. The van der Waals surface area contributed by atoms with Crippen LogP contribution in [0.15, 0.2) is 22.0 Å². The minimum Gasteiger partial charge on any atom is -0.411 e. The van der Waals surface area contributed by atoms with Crippen molar-refractivity contribution in [3.8, 4) is 0 Å². The molecule has 0 heterocycles. The fraction of sp³-hybridized carbons (Fsp3) is 0.789. The van der Waals surface area contributed by atoms with Gasteiger partial charge in [0.1, 0.15) is 0 Å². The molecule has 0 spiro atoms. The van der Waals surface area contributed by atoms with Gasteiger partial charge < -0.3 is 10.4 Å². The van der Waals surface area contributed by atoms with E-state index >= 15 is 0 Å². The van der Waals surface area contributed by atoms with E-state index in [-0.39, 0.29) is 10.8 Å². The van der Waals surface area contributed by atoms with Crippen molar-refractivity contribution in [1.29, 1.82) is 0 Å². The molecule has 4 aliphatic rings. The Kier molecular flexibility index (Phi) is 3.37. The summed E-state index contributed by atoms with van der Waals surface area (Å²) in [4.78, 5) is 0. The molecule has 0 unspecified atom stereocenters. The SMILES string of the molecule is C[C@]12CCC(=NO)C=C1CC[C@@H]1[C@@H]2CC[C@]2(C)C(=NO)CC[C@@H]12. The van der Waals surface area contributed by atoms with Gasteiger partial charge >= 0.3 is 0 Å². The third-order valence-corrected chi connectivity index (χ3v) is 7.97. The van der Waals surface area contributed by atoms with E-state index in [2.05, 4.69) is 30.2 Å². The van der Waals surface area contributed by atoms with Gasteiger partial charge in [-0.2, -0.15) is 0 Å². The second-order valence-corrected chi connectivity index (χ2v) is 8.64. The van der Waals surface area contributed by atoms with Gasteiger partial charge in [-0.1, -0.05) is 29.7 Å². The lowest BCUT2D eigenvalue weighted by Gasteiger charge is -2.57. The zero-order valence-electron chi connectivity index (χ0n) is 14.3. The van der Waals surface area contributed by atoms with E-state index in [1.54, 1.807) is 0 Å². The summed E-state index contributed by atoms with van der Waals surface area (Å²) in [7, 11) is 0. The number of nitrogens with zero attached hydrogens (tertiary/aromatic N) is 2. The van der Waals surface area contributed by atoms with Gasteiger partial charge in [-0.15, -0.1) is 0 Å². The number of rotatable bonds is 0. The van der Waals surface area contributed by atoms with E-state index in [0.29, 0.717) is 5.92 Å². The van der Waals surface area contributed by atoms with Crippen molar-refractivity contribution in [1.82, 2.24) is 0 Å². The van der Waals surface area contributed by atoms with Gasteiger partial charge in [-0.05, 0) is 80.6 Å². The standard InChI is InChI=1S/C19H28N2O2/c1-18-9-7-13(20-22)11-12(18)3-4-14-15-5-6-17(21-23)19(15,2)10-8-16(14)18/h11,14-16,22-23H,3-10H2,1-2H3/t14-,15-,16-,18-,19-/m0/s1. The van der Waals surface area contributed by atoms with Crippen LogP contribution < -0.4 is 0 Å². The van der Waals surface area contributed by atoms with Crippen molar-refractivity contribution < 1.29 is 10.4 Å². The van der Waals surface area contributed by atoms with Gasteiger partial charge in [0.25, 0.3) is 0 Å². The summed E-state index contributed by atoms with van der Waals surface area (Å²) in [5.74, 6) is 2.17. The van der Waals surface area contributed by atoms with Crippen LogP contribution in [0.4, 0.5) is 0 Å². The molecule has 3 saturated carbocycles. The second-order valence-electron chi connectivity index (χ2n) is 8.64. The first-order chi connectivity index (χ1) is 11.0. The van der Waals surface area contributed by atoms with E-state index in [9.17, 15) is 5.21 Å². The first-order valence-electron chi connectivity index (χ1n) is 9.16. The van der Waals surface area contributed by atoms with Crippen LogP contribution in [-0.4, -0.2) is 21.8 Å². The molecule has 3 fully saturated rings. The number of oxime groups is 2. The quantitative estimate of drug-likeness (QED) is 0.506. The summed E-state index contributed by atoms with van der Waals surface area (Å²) in [6.07, 6.45) is 11.1. The smallest absolute Gasteiger partial charge is 0.0795 e. The zero-order chi connectivity index (χ0) is 16.2. The van der Waals surface area contributed by atoms with Crippen molar-refractivity contribution in [2.75, 3.05) is 0 Å². The number of hydrogen-bond acceptors (Lipinski definition) is 4. The monoisotopic (exact) mass is 316 g/mol. The molecular weight excluding hydrogens is 288 g/mol. The van der Waals surface area contributed by atoms with E-state index in [4.69, 9.17) is 5.21 Å². The zero-order valence-corrected chi connectivity index (χ0v) is 14.3. The van der Waals surface area contributed by atoms with E-state index in [0.717, 1.165) is 55.4 Å². The van der Waals surface area contributed by atoms with Crippen molar-refractivity contribution in [2.24, 2.45) is 38.9 Å². The Morgan fingerprint density at radius 2 is 1.70 bits per heavy atom. The second kappa shape index (κ2) is 5.09. The van der Waals surface area contributed by atoms with Crippen LogP contribution in [0.1, 0.15) is 65.2 Å². The predicted molar refractivity (Wildman–Crippen MR) is 90.1 cm³/mol. The Bertz CT molecular complexity index is 608. The normalized spacial score (nSPS) is 49.5. The largest absolute Gasteiger partial charge is 0.411 e. The van der Waals surface area contributed by atoms with Gasteiger partial charge in [-0.3, -0.25) is 0 Å². The Labute approximate surface area is 138 Å². The third-order valence-electron chi connectivity index (χ3n) is 7.97. The van der Waals surface area contributed by atoms with Gasteiger partial charge in [0.15, 0.2) is 0 Å². The number of fused-ring (bicyclic) bond motifs is 5. The first kappa shape index (κ1) is 15.2. The molecule has 4 aliphatic carbocycles. The lowest BCUT2D eigenvalue weighted by molar-refractivity contribution is -0.0160. The number of hydrogen-bond donors (Lipinski definition) is 2. The molecule has 0 saturated heterocycles. The minimum atomic E-state index is 0.125. The molecule has 0 aromatic carbocycles. The highest BCUT2D eigenvalue weighted by Gasteiger charge is 2.58. The average molecular weight is 316 g/mol. The maximum Gasteiger partial charge on any atom is 0.0795 e. The van der Waals surface area contributed by atoms with Crippen molar-refractivity contribution in [2.45, 2.75) is 65.2 Å². The van der Waals surface area contributed by atoms with Crippen LogP contribution in [0.3, 0.4) is 0 Å². The summed E-state index contributed by atoms with van der Waals surface area (Å²) in [5, 5.41) is 25.6. The molecule has 0 radical (unpaired) electrons. The van der Waals surface area contributed by atoms with Crippen LogP contribution in [-0.2, 0) is 0 Å². The highest BCUT2D eigenvalue weighted by atomic mass is 16.4. The molecule has 4 heteroatoms. The van der Waals surface area contributed by atoms with Gasteiger partial charge in [0, 0.05) is 5.41 Å². The first-order valence-corrected chi connectivity index (χ1v) is 9.16. The molecule has 2 N–H and O–H groups in total. The molecule has 0 bridgehead atoms. The van der Waals surface area contributed by atoms with E-state index in [1.165, 1.54) is 24.8 Å². The van der Waals surface area contributed by atoms with Crippen molar-refractivity contribution in [3.05, 3.63) is 11.6 Å². The van der Waals surface area contributed by atoms with Crippen LogP contribution in [0, 0.1) is 28.6 Å². The maximum atomic E-state index is 9.40. The van der Waals surface area contributed by atoms with Crippen LogP contribution in [0.5, 0.6) is 0 Å². The van der Waals surface area contributed by atoms with E-state index in [1.807, 2.05) is 0 Å². The molecular formula is C19H28N2O2. The molecule has 0 aliphatic heterocycles. The summed E-state index contributed by atoms with van der Waals surface area (Å²) in [6.45, 7) is 4.78. The molecule has 0 aromatic rings. The predicted octanol–water partition coefficient (Wildman–Crippen LogP) is 4.61. The highest BCUT2D eigenvalue weighted by Crippen LogP contribution is 2.64. The highest BCUT2D eigenvalue weighted by molar-refractivity contribution is 5.96. The fourth-order valence-corrected chi connectivity index (χ4v) is 6.60. The molecule has 4 rings (SSSR count). The van der Waals surface area contributed by atoms with Crippen LogP contribution in [0.25, 0.3) is 0 Å². The average Bonchev–Trinajstić information content (AvgIpc) is 2.90. The minimum absolute atomic E-state index is 0.125. The molecule has 0 amide bonds. The third kappa shape index (κ3) is 1.96. The van der Waals surface area contributed by atoms with E-state index < -0.39 is 0 Å². The summed E-state index contributed by atoms with van der Waals surface area (Å²) < 4.78 is 0. The van der Waals surface area contributed by atoms with Gasteiger partial charge in [0.05, 0.1) is 11.4 Å². The van der Waals surface area contributed by atoms with Gasteiger partial charge in [0.2, 0.25) is 0 Å². The number of allylic oxidation sites excluding steroid dienone is 2. The van der Waals surface area contributed by atoms with Crippen LogP contribution in [0.2, 0.25) is 0 Å². The molecule has 5 atom stereocenters. The fourth-order valence-electron chi connectivity index (χ4n) is 6.60. The summed E-state index contributed by atoms with van der Waals surface area (Å²) in [6, 6.07) is 0. The Morgan fingerprint density at radius 3 is 2.43 bits per heavy atom. The molecule has 0 aromatic heterocycles. The van der Waals surface area contributed by atoms with Crippen LogP contribution >= 0.6 is 0 Å². The summed E-state index contributed by atoms with van der Waals surface area (Å²) in [5.41, 5.74) is 3.81.